The lowest BCUT2D eigenvalue weighted by Gasteiger charge is -2.07. The van der Waals surface area contributed by atoms with Crippen LogP contribution in [0.1, 0.15) is 11.1 Å². The predicted molar refractivity (Wildman–Crippen MR) is 96.2 cm³/mol. The van der Waals surface area contributed by atoms with Crippen molar-refractivity contribution in [2.75, 3.05) is 5.32 Å². The molecule has 0 aliphatic heterocycles. The maximum Gasteiger partial charge on any atom is 0.288 e. The lowest BCUT2D eigenvalue weighted by Crippen LogP contribution is -2.23. The number of anilines is 1. The molecule has 0 spiro atoms. The van der Waals surface area contributed by atoms with E-state index in [4.69, 9.17) is 23.8 Å². The van der Waals surface area contributed by atoms with Crippen LogP contribution in [0, 0.1) is 17.0 Å². The van der Waals surface area contributed by atoms with Crippen LogP contribution in [0.3, 0.4) is 0 Å². The van der Waals surface area contributed by atoms with Gasteiger partial charge in [0.05, 0.1) is 11.1 Å². The zero-order valence-electron chi connectivity index (χ0n) is 12.1. The van der Waals surface area contributed by atoms with Crippen molar-refractivity contribution in [1.82, 2.24) is 5.43 Å². The van der Waals surface area contributed by atoms with Crippen molar-refractivity contribution in [3.63, 3.8) is 0 Å². The summed E-state index contributed by atoms with van der Waals surface area (Å²) in [5.41, 5.74) is 4.97. The summed E-state index contributed by atoms with van der Waals surface area (Å²) in [4.78, 5) is 10.3. The highest BCUT2D eigenvalue weighted by Gasteiger charge is 2.11. The molecule has 0 heterocycles. The molecule has 2 aromatic rings. The summed E-state index contributed by atoms with van der Waals surface area (Å²) in [6.45, 7) is 1.98. The maximum atomic E-state index is 10.8. The van der Waals surface area contributed by atoms with Gasteiger partial charge in [-0.25, -0.2) is 0 Å². The average Bonchev–Trinajstić information content (AvgIpc) is 2.48. The Bertz CT molecular complexity index is 780. The molecule has 0 aliphatic carbocycles. The van der Waals surface area contributed by atoms with Crippen molar-refractivity contribution in [3.8, 4) is 0 Å². The highest BCUT2D eigenvalue weighted by Crippen LogP contribution is 2.24. The van der Waals surface area contributed by atoms with Crippen LogP contribution in [-0.2, 0) is 0 Å². The van der Waals surface area contributed by atoms with E-state index in [1.807, 2.05) is 31.2 Å². The first-order valence-electron chi connectivity index (χ1n) is 6.56. The van der Waals surface area contributed by atoms with Gasteiger partial charge in [-0.05, 0) is 42.9 Å². The number of rotatable bonds is 4. The molecule has 0 saturated carbocycles. The minimum absolute atomic E-state index is 0.0803. The second-order valence-corrected chi connectivity index (χ2v) is 5.48. The summed E-state index contributed by atoms with van der Waals surface area (Å²) in [5, 5.41) is 18.1. The molecule has 0 amide bonds. The number of benzene rings is 2. The van der Waals surface area contributed by atoms with E-state index in [-0.39, 0.29) is 10.7 Å². The van der Waals surface area contributed by atoms with Gasteiger partial charge in [-0.3, -0.25) is 15.5 Å². The molecule has 0 unspecified atom stereocenters. The summed E-state index contributed by atoms with van der Waals surface area (Å²) < 4.78 is 0. The van der Waals surface area contributed by atoms with Crippen LogP contribution in [0.15, 0.2) is 47.6 Å². The molecule has 6 nitrogen and oxygen atoms in total. The Morgan fingerprint density at radius 1 is 1.35 bits per heavy atom. The Morgan fingerprint density at radius 2 is 2.13 bits per heavy atom. The van der Waals surface area contributed by atoms with Gasteiger partial charge in [-0.15, -0.1) is 0 Å². The zero-order valence-corrected chi connectivity index (χ0v) is 13.7. The number of nitro benzene ring substituents is 1. The zero-order chi connectivity index (χ0) is 16.8. The number of nitro groups is 1. The van der Waals surface area contributed by atoms with Gasteiger partial charge >= 0.3 is 0 Å². The molecule has 8 heteroatoms. The number of hydrazone groups is 1. The molecule has 0 aliphatic rings. The van der Waals surface area contributed by atoms with E-state index in [1.54, 1.807) is 6.07 Å². The lowest BCUT2D eigenvalue weighted by atomic mass is 10.2. The monoisotopic (exact) mass is 348 g/mol. The van der Waals surface area contributed by atoms with Gasteiger partial charge in [0.15, 0.2) is 5.11 Å². The molecule has 118 valence electrons. The summed E-state index contributed by atoms with van der Waals surface area (Å²) in [6.07, 6.45) is 1.42. The Kier molecular flexibility index (Phi) is 5.61. The Balaban J connectivity index is 1.97. The largest absolute Gasteiger partial charge is 0.331 e. The molecule has 0 aromatic heterocycles. The van der Waals surface area contributed by atoms with Gasteiger partial charge in [0.1, 0.15) is 5.02 Å². The fourth-order valence-electron chi connectivity index (χ4n) is 1.80. The van der Waals surface area contributed by atoms with E-state index in [2.05, 4.69) is 15.8 Å². The van der Waals surface area contributed by atoms with Crippen LogP contribution in [0.5, 0.6) is 0 Å². The molecular formula is C15H13ClN4O2S. The Morgan fingerprint density at radius 3 is 2.83 bits per heavy atom. The van der Waals surface area contributed by atoms with Gasteiger partial charge in [0.2, 0.25) is 0 Å². The average molecular weight is 349 g/mol. The molecule has 2 N–H and O–H groups in total. The first kappa shape index (κ1) is 16.9. The van der Waals surface area contributed by atoms with E-state index < -0.39 is 4.92 Å². The normalized spacial score (nSPS) is 10.5. The van der Waals surface area contributed by atoms with E-state index in [0.29, 0.717) is 10.7 Å². The fraction of sp³-hybridized carbons (Fsp3) is 0.0667. The van der Waals surface area contributed by atoms with Crippen molar-refractivity contribution >= 4 is 46.5 Å². The molecule has 0 saturated heterocycles. The Hall–Kier alpha value is -2.51. The minimum atomic E-state index is -0.545. The summed E-state index contributed by atoms with van der Waals surface area (Å²) in [6, 6.07) is 12.1. The van der Waals surface area contributed by atoms with Crippen LogP contribution in [0.4, 0.5) is 11.4 Å². The fourth-order valence-corrected chi connectivity index (χ4v) is 2.15. The number of hydrogen-bond donors (Lipinski definition) is 2. The maximum absolute atomic E-state index is 10.8. The third kappa shape index (κ3) is 5.01. The smallest absolute Gasteiger partial charge is 0.288 e. The van der Waals surface area contributed by atoms with Crippen LogP contribution < -0.4 is 10.7 Å². The van der Waals surface area contributed by atoms with Gasteiger partial charge in [0.25, 0.3) is 5.69 Å². The third-order valence-corrected chi connectivity index (χ3v) is 3.34. The van der Waals surface area contributed by atoms with Crippen molar-refractivity contribution in [1.29, 1.82) is 0 Å². The number of nitrogens with one attached hydrogen (secondary N) is 2. The molecule has 0 atom stereocenters. The van der Waals surface area contributed by atoms with Crippen molar-refractivity contribution in [2.24, 2.45) is 5.10 Å². The van der Waals surface area contributed by atoms with Gasteiger partial charge < -0.3 is 5.32 Å². The lowest BCUT2D eigenvalue weighted by molar-refractivity contribution is -0.384. The van der Waals surface area contributed by atoms with Gasteiger partial charge in [-0.1, -0.05) is 29.8 Å². The highest BCUT2D eigenvalue weighted by atomic mass is 35.5. The second kappa shape index (κ2) is 7.66. The number of thiocarbonyl (C=S) groups is 1. The molecule has 2 aromatic carbocycles. The second-order valence-electron chi connectivity index (χ2n) is 4.66. The molecule has 0 radical (unpaired) electrons. The molecule has 0 fully saturated rings. The quantitative estimate of drug-likeness (QED) is 0.379. The number of hydrogen-bond acceptors (Lipinski definition) is 4. The Labute approximate surface area is 143 Å². The SMILES string of the molecule is Cc1cccc(NC(=S)N/N=C\c2ccc(Cl)c([N+](=O)[O-])c2)c1. The molecule has 23 heavy (non-hydrogen) atoms. The van der Waals surface area contributed by atoms with E-state index in [9.17, 15) is 10.1 Å². The number of halogens is 1. The summed E-state index contributed by atoms with van der Waals surface area (Å²) in [7, 11) is 0. The van der Waals surface area contributed by atoms with Crippen LogP contribution >= 0.6 is 23.8 Å². The topological polar surface area (TPSA) is 79.6 Å². The third-order valence-electron chi connectivity index (χ3n) is 2.82. The summed E-state index contributed by atoms with van der Waals surface area (Å²) in [5.74, 6) is 0. The van der Waals surface area contributed by atoms with Crippen LogP contribution in [-0.4, -0.2) is 16.3 Å². The molecule has 0 bridgehead atoms. The van der Waals surface area contributed by atoms with Crippen LogP contribution in [0.2, 0.25) is 5.02 Å². The van der Waals surface area contributed by atoms with Crippen molar-refractivity contribution in [2.45, 2.75) is 6.92 Å². The standard InChI is InChI=1S/C15H13ClN4O2S/c1-10-3-2-4-12(7-10)18-15(23)19-17-9-11-5-6-13(16)14(8-11)20(21)22/h2-9H,1H3,(H2,18,19,23)/b17-9-. The summed E-state index contributed by atoms with van der Waals surface area (Å²) >= 11 is 10.9. The predicted octanol–water partition coefficient (Wildman–Crippen LogP) is 3.88. The van der Waals surface area contributed by atoms with Crippen molar-refractivity contribution in [3.05, 3.63) is 68.7 Å². The molecule has 2 rings (SSSR count). The first-order chi connectivity index (χ1) is 11.0. The van der Waals surface area contributed by atoms with Crippen LogP contribution in [0.25, 0.3) is 0 Å². The minimum Gasteiger partial charge on any atom is -0.331 e. The number of aryl methyl sites for hydroxylation is 1. The van der Waals surface area contributed by atoms with Gasteiger partial charge in [-0.2, -0.15) is 5.10 Å². The first-order valence-corrected chi connectivity index (χ1v) is 7.35. The van der Waals surface area contributed by atoms with E-state index in [1.165, 1.54) is 18.3 Å². The van der Waals surface area contributed by atoms with E-state index >= 15 is 0 Å². The highest BCUT2D eigenvalue weighted by molar-refractivity contribution is 7.80. The van der Waals surface area contributed by atoms with E-state index in [0.717, 1.165) is 11.3 Å². The molecular weight excluding hydrogens is 336 g/mol. The van der Waals surface area contributed by atoms with Gasteiger partial charge in [0, 0.05) is 17.3 Å². The number of nitrogens with zero attached hydrogens (tertiary/aromatic N) is 2. The van der Waals surface area contributed by atoms with Crippen molar-refractivity contribution < 1.29 is 4.92 Å².